The number of amides is 1. The summed E-state index contributed by atoms with van der Waals surface area (Å²) in [7, 11) is 1.68. The standard InChI is InChI=1S/C11H13N3O5/c1-14-7(4-5-12-14)2-3-9(15)13-8(11(18)19)6-10(16)17/h2-5,8H,6H2,1H3,(H,13,15)(H,16,17)(H,18,19)/b3-2+. The Morgan fingerprint density at radius 2 is 2.16 bits per heavy atom. The van der Waals surface area contributed by atoms with E-state index >= 15 is 0 Å². The number of aromatic nitrogens is 2. The highest BCUT2D eigenvalue weighted by Gasteiger charge is 2.21. The molecule has 1 rings (SSSR count). The summed E-state index contributed by atoms with van der Waals surface area (Å²) in [5, 5.41) is 23.2. The molecule has 1 unspecified atom stereocenters. The second kappa shape index (κ2) is 6.34. The minimum absolute atomic E-state index is 0.653. The van der Waals surface area contributed by atoms with E-state index in [0.29, 0.717) is 5.69 Å². The Morgan fingerprint density at radius 3 is 2.63 bits per heavy atom. The van der Waals surface area contributed by atoms with Gasteiger partial charge in [-0.05, 0) is 12.1 Å². The second-order valence-electron chi connectivity index (χ2n) is 3.71. The minimum Gasteiger partial charge on any atom is -0.481 e. The Hall–Kier alpha value is -2.64. The average molecular weight is 267 g/mol. The van der Waals surface area contributed by atoms with E-state index in [-0.39, 0.29) is 0 Å². The fourth-order valence-corrected chi connectivity index (χ4v) is 1.30. The molecule has 0 saturated heterocycles. The summed E-state index contributed by atoms with van der Waals surface area (Å²) in [6, 6.07) is 0.205. The van der Waals surface area contributed by atoms with Crippen molar-refractivity contribution in [2.75, 3.05) is 0 Å². The highest BCUT2D eigenvalue weighted by atomic mass is 16.4. The highest BCUT2D eigenvalue weighted by molar-refractivity contribution is 5.95. The Bertz CT molecular complexity index is 520. The van der Waals surface area contributed by atoms with Crippen molar-refractivity contribution in [3.8, 4) is 0 Å². The lowest BCUT2D eigenvalue weighted by atomic mass is 10.2. The molecular formula is C11H13N3O5. The van der Waals surface area contributed by atoms with Crippen LogP contribution in [0.15, 0.2) is 18.3 Å². The fraction of sp³-hybridized carbons (Fsp3) is 0.273. The first-order valence-corrected chi connectivity index (χ1v) is 5.31. The number of carboxylic acids is 2. The Labute approximate surface area is 108 Å². The van der Waals surface area contributed by atoms with E-state index in [1.54, 1.807) is 19.3 Å². The molecule has 1 aromatic rings. The van der Waals surface area contributed by atoms with Crippen LogP contribution in [0.25, 0.3) is 6.08 Å². The highest BCUT2D eigenvalue weighted by Crippen LogP contribution is 1.99. The van der Waals surface area contributed by atoms with Crippen molar-refractivity contribution in [2.45, 2.75) is 12.5 Å². The van der Waals surface area contributed by atoms with Crippen LogP contribution in [-0.4, -0.2) is 43.9 Å². The molecule has 0 fully saturated rings. The maximum absolute atomic E-state index is 11.5. The molecule has 19 heavy (non-hydrogen) atoms. The Balaban J connectivity index is 2.63. The van der Waals surface area contributed by atoms with Gasteiger partial charge in [-0.3, -0.25) is 14.3 Å². The lowest BCUT2D eigenvalue weighted by molar-refractivity contribution is -0.146. The van der Waals surface area contributed by atoms with Crippen LogP contribution in [0, 0.1) is 0 Å². The second-order valence-corrected chi connectivity index (χ2v) is 3.71. The number of carboxylic acid groups (broad SMARTS) is 2. The maximum atomic E-state index is 11.5. The number of nitrogens with zero attached hydrogens (tertiary/aromatic N) is 2. The normalized spacial score (nSPS) is 12.3. The first kappa shape index (κ1) is 14.4. The zero-order valence-electron chi connectivity index (χ0n) is 10.1. The van der Waals surface area contributed by atoms with Crippen LogP contribution in [0.3, 0.4) is 0 Å². The Kier molecular flexibility index (Phi) is 4.81. The third-order valence-electron chi connectivity index (χ3n) is 2.26. The SMILES string of the molecule is Cn1nccc1/C=C/C(=O)NC(CC(=O)O)C(=O)O. The topological polar surface area (TPSA) is 122 Å². The summed E-state index contributed by atoms with van der Waals surface area (Å²) in [6.45, 7) is 0. The number of rotatable bonds is 6. The summed E-state index contributed by atoms with van der Waals surface area (Å²) >= 11 is 0. The van der Waals surface area contributed by atoms with Crippen LogP contribution in [0.5, 0.6) is 0 Å². The first-order chi connectivity index (χ1) is 8.90. The van der Waals surface area contributed by atoms with Crippen molar-refractivity contribution in [3.63, 3.8) is 0 Å². The summed E-state index contributed by atoms with van der Waals surface area (Å²) in [5.74, 6) is -3.39. The molecule has 8 nitrogen and oxygen atoms in total. The average Bonchev–Trinajstić information content (AvgIpc) is 2.70. The lowest BCUT2D eigenvalue weighted by Crippen LogP contribution is -2.41. The molecule has 0 aromatic carbocycles. The van der Waals surface area contributed by atoms with Gasteiger partial charge in [0.15, 0.2) is 0 Å². The molecular weight excluding hydrogens is 254 g/mol. The molecule has 0 saturated carbocycles. The van der Waals surface area contributed by atoms with Gasteiger partial charge in [0, 0.05) is 19.3 Å². The van der Waals surface area contributed by atoms with Gasteiger partial charge < -0.3 is 15.5 Å². The molecule has 0 radical (unpaired) electrons. The number of hydrogen-bond donors (Lipinski definition) is 3. The monoisotopic (exact) mass is 267 g/mol. The van der Waals surface area contributed by atoms with Crippen molar-refractivity contribution in [3.05, 3.63) is 24.0 Å². The Morgan fingerprint density at radius 1 is 1.47 bits per heavy atom. The predicted octanol–water partition coefficient (Wildman–Crippen LogP) is -0.523. The van der Waals surface area contributed by atoms with Crippen molar-refractivity contribution in [2.24, 2.45) is 7.05 Å². The van der Waals surface area contributed by atoms with E-state index in [1.165, 1.54) is 10.8 Å². The third-order valence-corrected chi connectivity index (χ3v) is 2.26. The summed E-state index contributed by atoms with van der Waals surface area (Å²) in [4.78, 5) is 32.6. The molecule has 0 aliphatic heterocycles. The van der Waals surface area contributed by atoms with Crippen LogP contribution < -0.4 is 5.32 Å². The van der Waals surface area contributed by atoms with E-state index < -0.39 is 30.3 Å². The zero-order chi connectivity index (χ0) is 14.4. The number of carbonyl (C=O) groups excluding carboxylic acids is 1. The van der Waals surface area contributed by atoms with E-state index in [4.69, 9.17) is 10.2 Å². The van der Waals surface area contributed by atoms with E-state index in [0.717, 1.165) is 6.08 Å². The smallest absolute Gasteiger partial charge is 0.326 e. The van der Waals surface area contributed by atoms with Crippen LogP contribution >= 0.6 is 0 Å². The quantitative estimate of drug-likeness (QED) is 0.596. The van der Waals surface area contributed by atoms with E-state index in [2.05, 4.69) is 10.4 Å². The van der Waals surface area contributed by atoms with Crippen LogP contribution in [0.2, 0.25) is 0 Å². The number of hydrogen-bond acceptors (Lipinski definition) is 4. The predicted molar refractivity (Wildman–Crippen MR) is 64.1 cm³/mol. The minimum atomic E-state index is -1.46. The molecule has 3 N–H and O–H groups in total. The number of nitrogens with one attached hydrogen (secondary N) is 1. The number of aliphatic carboxylic acids is 2. The molecule has 102 valence electrons. The summed E-state index contributed by atoms with van der Waals surface area (Å²) in [5.41, 5.74) is 0.653. The fourth-order valence-electron chi connectivity index (χ4n) is 1.30. The molecule has 1 atom stereocenters. The van der Waals surface area contributed by atoms with E-state index in [1.807, 2.05) is 0 Å². The van der Waals surface area contributed by atoms with Gasteiger partial charge in [-0.25, -0.2) is 4.79 Å². The van der Waals surface area contributed by atoms with Crippen LogP contribution in [0.1, 0.15) is 12.1 Å². The van der Waals surface area contributed by atoms with Gasteiger partial charge in [0.2, 0.25) is 5.91 Å². The van der Waals surface area contributed by atoms with Crippen molar-refractivity contribution in [1.29, 1.82) is 0 Å². The van der Waals surface area contributed by atoms with E-state index in [9.17, 15) is 14.4 Å². The van der Waals surface area contributed by atoms with Crippen LogP contribution in [-0.2, 0) is 21.4 Å². The van der Waals surface area contributed by atoms with Crippen molar-refractivity contribution >= 4 is 23.9 Å². The molecule has 1 amide bonds. The first-order valence-electron chi connectivity index (χ1n) is 5.31. The van der Waals surface area contributed by atoms with Crippen molar-refractivity contribution < 1.29 is 24.6 Å². The summed E-state index contributed by atoms with van der Waals surface area (Å²) in [6.07, 6.45) is 3.43. The van der Waals surface area contributed by atoms with Gasteiger partial charge in [0.1, 0.15) is 6.04 Å². The molecule has 0 aliphatic rings. The maximum Gasteiger partial charge on any atom is 0.326 e. The number of carbonyl (C=O) groups is 3. The molecule has 8 heteroatoms. The largest absolute Gasteiger partial charge is 0.481 e. The van der Waals surface area contributed by atoms with Gasteiger partial charge in [0.05, 0.1) is 12.1 Å². The van der Waals surface area contributed by atoms with Crippen molar-refractivity contribution in [1.82, 2.24) is 15.1 Å². The molecule has 0 spiro atoms. The lowest BCUT2D eigenvalue weighted by Gasteiger charge is -2.10. The van der Waals surface area contributed by atoms with Gasteiger partial charge in [-0.15, -0.1) is 0 Å². The van der Waals surface area contributed by atoms with Gasteiger partial charge >= 0.3 is 11.9 Å². The molecule has 0 bridgehead atoms. The molecule has 0 aliphatic carbocycles. The summed E-state index contributed by atoms with van der Waals surface area (Å²) < 4.78 is 1.52. The van der Waals surface area contributed by atoms with Gasteiger partial charge in [-0.1, -0.05) is 0 Å². The van der Waals surface area contributed by atoms with Crippen LogP contribution in [0.4, 0.5) is 0 Å². The number of aryl methyl sites for hydroxylation is 1. The van der Waals surface area contributed by atoms with Gasteiger partial charge in [0.25, 0.3) is 0 Å². The zero-order valence-corrected chi connectivity index (χ0v) is 10.1. The molecule has 1 heterocycles. The van der Waals surface area contributed by atoms with Gasteiger partial charge in [-0.2, -0.15) is 5.10 Å². The molecule has 1 aromatic heterocycles. The third kappa shape index (κ3) is 4.62.